The highest BCUT2D eigenvalue weighted by molar-refractivity contribution is 8.19. The number of morpholine rings is 1. The number of amides is 1. The van der Waals surface area contributed by atoms with E-state index in [0.717, 1.165) is 11.8 Å². The summed E-state index contributed by atoms with van der Waals surface area (Å²) in [5.41, 5.74) is 2.32. The zero-order valence-electron chi connectivity index (χ0n) is 16.2. The standard InChI is InChI=1S/C20H17FN6O2S2/c21-14-9-12(1-2-15(14)26-4-6-29-7-5-26)17-13(11-24-25-17)10-16-18(28)27(19(22)31-16)20-23-3-8-30-20/h1-3,8-11,22H,4-7H2,(H,24,25)/b16-10-,22-19?. The lowest BCUT2D eigenvalue weighted by molar-refractivity contribution is -0.113. The molecule has 5 rings (SSSR count). The van der Waals surface area contributed by atoms with Crippen molar-refractivity contribution in [1.29, 1.82) is 5.41 Å². The van der Waals surface area contributed by atoms with Gasteiger partial charge in [0.15, 0.2) is 10.3 Å². The summed E-state index contributed by atoms with van der Waals surface area (Å²) in [5, 5.41) is 17.5. The molecule has 8 nitrogen and oxygen atoms in total. The first kappa shape index (κ1) is 19.9. The zero-order valence-corrected chi connectivity index (χ0v) is 17.8. The van der Waals surface area contributed by atoms with Crippen LogP contribution in [0.2, 0.25) is 0 Å². The van der Waals surface area contributed by atoms with Gasteiger partial charge in [-0.25, -0.2) is 14.3 Å². The van der Waals surface area contributed by atoms with E-state index in [1.54, 1.807) is 29.9 Å². The summed E-state index contributed by atoms with van der Waals surface area (Å²) in [6.45, 7) is 2.46. The topological polar surface area (TPSA) is 98.2 Å². The molecule has 0 unspecified atom stereocenters. The number of carbonyl (C=O) groups is 1. The number of thioether (sulfide) groups is 1. The molecule has 0 atom stereocenters. The van der Waals surface area contributed by atoms with Gasteiger partial charge in [0.2, 0.25) is 0 Å². The molecule has 0 radical (unpaired) electrons. The molecule has 0 saturated carbocycles. The van der Waals surface area contributed by atoms with Crippen molar-refractivity contribution in [2.75, 3.05) is 36.1 Å². The Labute approximate surface area is 185 Å². The van der Waals surface area contributed by atoms with E-state index in [1.807, 2.05) is 11.0 Å². The normalized spacial score (nSPS) is 18.4. The first-order valence-electron chi connectivity index (χ1n) is 9.50. The second-order valence-corrected chi connectivity index (χ2v) is 8.73. The molecule has 4 heterocycles. The fourth-order valence-electron chi connectivity index (χ4n) is 3.48. The number of carbonyl (C=O) groups excluding carboxylic acids is 1. The summed E-state index contributed by atoms with van der Waals surface area (Å²) in [5.74, 6) is -0.644. The van der Waals surface area contributed by atoms with Crippen LogP contribution in [-0.4, -0.2) is 52.6 Å². The Balaban J connectivity index is 1.43. The molecule has 2 fully saturated rings. The number of amidine groups is 1. The fraction of sp³-hybridized carbons (Fsp3) is 0.200. The molecule has 2 N–H and O–H groups in total. The number of nitrogens with zero attached hydrogens (tertiary/aromatic N) is 4. The summed E-state index contributed by atoms with van der Waals surface area (Å²) < 4.78 is 20.2. The number of ether oxygens (including phenoxy) is 1. The van der Waals surface area contributed by atoms with E-state index in [-0.39, 0.29) is 16.9 Å². The maximum absolute atomic E-state index is 14.9. The minimum atomic E-state index is -0.330. The highest BCUT2D eigenvalue weighted by atomic mass is 32.2. The van der Waals surface area contributed by atoms with Crippen LogP contribution in [0, 0.1) is 11.2 Å². The quantitative estimate of drug-likeness (QED) is 0.583. The number of benzene rings is 1. The summed E-state index contributed by atoms with van der Waals surface area (Å²) in [6, 6.07) is 5.02. The van der Waals surface area contributed by atoms with Crippen molar-refractivity contribution in [1.82, 2.24) is 15.2 Å². The second-order valence-electron chi connectivity index (χ2n) is 6.83. The molecule has 2 aliphatic rings. The van der Waals surface area contributed by atoms with Crippen LogP contribution in [0.3, 0.4) is 0 Å². The third-order valence-corrected chi connectivity index (χ3v) is 6.61. The monoisotopic (exact) mass is 456 g/mol. The molecule has 1 amide bonds. The van der Waals surface area contributed by atoms with E-state index in [9.17, 15) is 9.18 Å². The van der Waals surface area contributed by atoms with Gasteiger partial charge in [0, 0.05) is 42.0 Å². The Hall–Kier alpha value is -3.02. The van der Waals surface area contributed by atoms with Crippen LogP contribution >= 0.6 is 23.1 Å². The minimum Gasteiger partial charge on any atom is -0.378 e. The van der Waals surface area contributed by atoms with Crippen molar-refractivity contribution in [2.24, 2.45) is 0 Å². The summed E-state index contributed by atoms with van der Waals surface area (Å²) >= 11 is 2.35. The van der Waals surface area contributed by atoms with Crippen LogP contribution in [0.4, 0.5) is 15.2 Å². The number of aromatic amines is 1. The van der Waals surface area contributed by atoms with E-state index in [2.05, 4.69) is 15.2 Å². The van der Waals surface area contributed by atoms with E-state index in [0.29, 0.717) is 58.8 Å². The van der Waals surface area contributed by atoms with E-state index >= 15 is 0 Å². The van der Waals surface area contributed by atoms with Gasteiger partial charge in [-0.1, -0.05) is 6.07 Å². The smallest absolute Gasteiger partial charge is 0.273 e. The Morgan fingerprint density at radius 3 is 2.87 bits per heavy atom. The van der Waals surface area contributed by atoms with Crippen LogP contribution in [-0.2, 0) is 9.53 Å². The maximum atomic E-state index is 14.9. The number of nitrogens with one attached hydrogen (secondary N) is 2. The molecule has 158 valence electrons. The third-order valence-electron chi connectivity index (χ3n) is 4.96. The molecular formula is C20H17FN6O2S2. The predicted molar refractivity (Wildman–Crippen MR) is 120 cm³/mol. The fourth-order valence-corrected chi connectivity index (χ4v) is 5.02. The lowest BCUT2D eigenvalue weighted by Crippen LogP contribution is -2.36. The first-order chi connectivity index (χ1) is 15.1. The number of rotatable bonds is 4. The highest BCUT2D eigenvalue weighted by Crippen LogP contribution is 2.37. The molecule has 1 aromatic carbocycles. The molecule has 2 aromatic heterocycles. The molecule has 31 heavy (non-hydrogen) atoms. The Bertz CT molecular complexity index is 1170. The number of hydrogen-bond acceptors (Lipinski definition) is 8. The Morgan fingerprint density at radius 1 is 1.29 bits per heavy atom. The van der Waals surface area contributed by atoms with Crippen LogP contribution < -0.4 is 9.80 Å². The van der Waals surface area contributed by atoms with Crippen LogP contribution in [0.5, 0.6) is 0 Å². The minimum absolute atomic E-state index is 0.0946. The van der Waals surface area contributed by atoms with E-state index < -0.39 is 0 Å². The lowest BCUT2D eigenvalue weighted by Gasteiger charge is -2.29. The van der Waals surface area contributed by atoms with Crippen LogP contribution in [0.15, 0.2) is 40.9 Å². The van der Waals surface area contributed by atoms with Crippen molar-refractivity contribution in [3.8, 4) is 11.3 Å². The number of hydrogen-bond donors (Lipinski definition) is 2. The maximum Gasteiger partial charge on any atom is 0.273 e. The molecule has 2 aliphatic heterocycles. The summed E-state index contributed by atoms with van der Waals surface area (Å²) in [6.07, 6.45) is 4.91. The molecule has 0 aliphatic carbocycles. The number of anilines is 2. The Morgan fingerprint density at radius 2 is 2.13 bits per heavy atom. The predicted octanol–water partition coefficient (Wildman–Crippen LogP) is 3.56. The summed E-state index contributed by atoms with van der Waals surface area (Å²) in [4.78, 5) is 20.6. The third kappa shape index (κ3) is 3.75. The van der Waals surface area contributed by atoms with Gasteiger partial charge in [-0.2, -0.15) is 5.10 Å². The van der Waals surface area contributed by atoms with Crippen molar-refractivity contribution in [3.63, 3.8) is 0 Å². The van der Waals surface area contributed by atoms with Gasteiger partial charge in [-0.05, 0) is 30.0 Å². The average molecular weight is 457 g/mol. The molecule has 11 heteroatoms. The number of H-pyrrole nitrogens is 1. The van der Waals surface area contributed by atoms with Crippen molar-refractivity contribution in [2.45, 2.75) is 0 Å². The lowest BCUT2D eigenvalue weighted by atomic mass is 10.1. The molecular weight excluding hydrogens is 439 g/mol. The molecule has 0 spiro atoms. The summed E-state index contributed by atoms with van der Waals surface area (Å²) in [7, 11) is 0. The van der Waals surface area contributed by atoms with Gasteiger partial charge in [0.1, 0.15) is 5.82 Å². The van der Waals surface area contributed by atoms with Crippen molar-refractivity contribution in [3.05, 3.63) is 52.3 Å². The molecule has 2 saturated heterocycles. The van der Waals surface area contributed by atoms with E-state index in [1.165, 1.54) is 22.3 Å². The van der Waals surface area contributed by atoms with E-state index in [4.69, 9.17) is 10.1 Å². The highest BCUT2D eigenvalue weighted by Gasteiger charge is 2.35. The van der Waals surface area contributed by atoms with Crippen molar-refractivity contribution >= 4 is 51.1 Å². The first-order valence-corrected chi connectivity index (χ1v) is 11.2. The van der Waals surface area contributed by atoms with Gasteiger partial charge in [0.05, 0.1) is 29.5 Å². The van der Waals surface area contributed by atoms with Gasteiger partial charge in [-0.15, -0.1) is 11.3 Å². The van der Waals surface area contributed by atoms with Gasteiger partial charge < -0.3 is 9.64 Å². The van der Waals surface area contributed by atoms with Crippen molar-refractivity contribution < 1.29 is 13.9 Å². The largest absolute Gasteiger partial charge is 0.378 e. The number of halogens is 1. The van der Waals surface area contributed by atoms with Gasteiger partial charge >= 0.3 is 0 Å². The SMILES string of the molecule is N=C1S/C(=C\c2c[nH]nc2-c2ccc(N3CCOCC3)c(F)c2)C(=O)N1c1nccs1. The van der Waals surface area contributed by atoms with Gasteiger partial charge in [0.25, 0.3) is 5.91 Å². The molecule has 3 aromatic rings. The molecule has 0 bridgehead atoms. The van der Waals surface area contributed by atoms with Crippen LogP contribution in [0.25, 0.3) is 17.3 Å². The zero-order chi connectivity index (χ0) is 21.4. The number of aromatic nitrogens is 3. The Kier molecular flexibility index (Phi) is 5.30. The van der Waals surface area contributed by atoms with Gasteiger partial charge in [-0.3, -0.25) is 15.3 Å². The average Bonchev–Trinajstić information content (AvgIpc) is 3.51. The van der Waals surface area contributed by atoms with Crippen LogP contribution in [0.1, 0.15) is 5.56 Å². The second kappa shape index (κ2) is 8.25. The number of thiazole rings is 1.